The number of rotatable bonds is 1. The third kappa shape index (κ3) is 1.92. The van der Waals surface area contributed by atoms with E-state index in [9.17, 15) is 0 Å². The fraction of sp³-hybridized carbons (Fsp3) is 0.357. The Hall–Kier alpha value is -1.12. The van der Waals surface area contributed by atoms with E-state index in [-0.39, 0.29) is 0 Å². The van der Waals surface area contributed by atoms with E-state index in [4.69, 9.17) is 11.6 Å². The van der Waals surface area contributed by atoms with Gasteiger partial charge in [0.2, 0.25) is 0 Å². The van der Waals surface area contributed by atoms with Crippen LogP contribution in [0.1, 0.15) is 23.6 Å². The Morgan fingerprint density at radius 2 is 2.18 bits per heavy atom. The second-order valence-corrected chi connectivity index (χ2v) is 4.89. The minimum atomic E-state index is 0.642. The van der Waals surface area contributed by atoms with Gasteiger partial charge >= 0.3 is 0 Å². The van der Waals surface area contributed by atoms with E-state index in [0.717, 1.165) is 37.0 Å². The van der Waals surface area contributed by atoms with Crippen LogP contribution in [-0.4, -0.2) is 11.5 Å². The maximum absolute atomic E-state index is 6.16. The summed E-state index contributed by atoms with van der Waals surface area (Å²) in [6.45, 7) is 4.12. The van der Waals surface area contributed by atoms with Gasteiger partial charge in [-0.2, -0.15) is 0 Å². The number of hydrogen-bond donors (Lipinski definition) is 1. The lowest BCUT2D eigenvalue weighted by Crippen LogP contribution is -2.23. The number of aryl methyl sites for hydroxylation is 1. The fourth-order valence-corrected chi connectivity index (χ4v) is 2.70. The highest BCUT2D eigenvalue weighted by Gasteiger charge is 2.11. The molecule has 1 aromatic carbocycles. The van der Waals surface area contributed by atoms with Crippen LogP contribution in [0.5, 0.6) is 0 Å². The van der Waals surface area contributed by atoms with Gasteiger partial charge in [0.15, 0.2) is 0 Å². The summed E-state index contributed by atoms with van der Waals surface area (Å²) in [5.41, 5.74) is 4.95. The molecule has 0 radical (unpaired) electrons. The van der Waals surface area contributed by atoms with Crippen LogP contribution in [0.3, 0.4) is 0 Å². The molecule has 0 aliphatic carbocycles. The van der Waals surface area contributed by atoms with E-state index < -0.39 is 0 Å². The number of benzene rings is 1. The maximum Gasteiger partial charge on any atom is 0.132 e. The molecule has 2 nitrogen and oxygen atoms in total. The van der Waals surface area contributed by atoms with Crippen LogP contribution >= 0.6 is 11.6 Å². The van der Waals surface area contributed by atoms with Gasteiger partial charge in [0.1, 0.15) is 5.15 Å². The number of fused-ring (bicyclic) bond motifs is 2. The van der Waals surface area contributed by atoms with E-state index in [1.54, 1.807) is 0 Å². The molecule has 0 unspecified atom stereocenters. The summed E-state index contributed by atoms with van der Waals surface area (Å²) in [7, 11) is 0. The van der Waals surface area contributed by atoms with Gasteiger partial charge < -0.3 is 5.32 Å². The van der Waals surface area contributed by atoms with Crippen LogP contribution in [0.25, 0.3) is 10.9 Å². The van der Waals surface area contributed by atoms with Gasteiger partial charge in [0.05, 0.1) is 5.52 Å². The predicted molar refractivity (Wildman–Crippen MR) is 71.5 cm³/mol. The van der Waals surface area contributed by atoms with E-state index in [1.165, 1.54) is 16.5 Å². The van der Waals surface area contributed by atoms with Crippen molar-refractivity contribution in [2.24, 2.45) is 0 Å². The molecule has 3 rings (SSSR count). The smallest absolute Gasteiger partial charge is 0.132 e. The zero-order valence-corrected chi connectivity index (χ0v) is 10.6. The molecule has 0 spiro atoms. The molecular formula is C14H15ClN2. The second-order valence-electron chi connectivity index (χ2n) is 4.53. The van der Waals surface area contributed by atoms with Gasteiger partial charge in [-0.1, -0.05) is 18.5 Å². The standard InChI is InChI=1S/C14H15ClN2/c1-2-9-5-11-6-10-3-4-16-8-12(10)7-13(11)17-14(9)15/h5-7,16H,2-4,8H2,1H3. The first kappa shape index (κ1) is 11.0. The van der Waals surface area contributed by atoms with Gasteiger partial charge in [-0.3, -0.25) is 0 Å². The number of aromatic nitrogens is 1. The van der Waals surface area contributed by atoms with Crippen molar-refractivity contribution >= 4 is 22.5 Å². The van der Waals surface area contributed by atoms with E-state index >= 15 is 0 Å². The highest BCUT2D eigenvalue weighted by atomic mass is 35.5. The largest absolute Gasteiger partial charge is 0.312 e. The molecule has 3 heteroatoms. The highest BCUT2D eigenvalue weighted by molar-refractivity contribution is 6.30. The molecule has 88 valence electrons. The Labute approximate surface area is 106 Å². The SMILES string of the molecule is CCc1cc2cc3c(cc2nc1Cl)CNCC3. The van der Waals surface area contributed by atoms with Crippen molar-refractivity contribution in [3.63, 3.8) is 0 Å². The fourth-order valence-electron chi connectivity index (χ4n) is 2.42. The minimum Gasteiger partial charge on any atom is -0.312 e. The Balaban J connectivity index is 2.23. The lowest BCUT2D eigenvalue weighted by atomic mass is 9.98. The molecule has 1 aliphatic heterocycles. The van der Waals surface area contributed by atoms with Crippen LogP contribution in [0.15, 0.2) is 18.2 Å². The van der Waals surface area contributed by atoms with Crippen molar-refractivity contribution in [1.82, 2.24) is 10.3 Å². The monoisotopic (exact) mass is 246 g/mol. The van der Waals surface area contributed by atoms with Gasteiger partial charge in [-0.25, -0.2) is 4.98 Å². The Kier molecular flexibility index (Phi) is 2.77. The molecule has 2 heterocycles. The van der Waals surface area contributed by atoms with Crippen molar-refractivity contribution in [2.75, 3.05) is 6.54 Å². The summed E-state index contributed by atoms with van der Waals surface area (Å²) in [6, 6.07) is 6.61. The minimum absolute atomic E-state index is 0.642. The van der Waals surface area contributed by atoms with Crippen LogP contribution in [0.4, 0.5) is 0 Å². The first-order valence-electron chi connectivity index (χ1n) is 6.09. The van der Waals surface area contributed by atoms with E-state index in [1.807, 2.05) is 0 Å². The number of pyridine rings is 1. The summed E-state index contributed by atoms with van der Waals surface area (Å²) < 4.78 is 0. The summed E-state index contributed by atoms with van der Waals surface area (Å²) >= 11 is 6.16. The Morgan fingerprint density at radius 1 is 1.29 bits per heavy atom. The summed E-state index contributed by atoms with van der Waals surface area (Å²) in [5.74, 6) is 0. The molecule has 0 bridgehead atoms. The molecule has 1 N–H and O–H groups in total. The number of halogens is 1. The van der Waals surface area contributed by atoms with E-state index in [2.05, 4.69) is 35.4 Å². The normalized spacial score (nSPS) is 14.9. The lowest BCUT2D eigenvalue weighted by Gasteiger charge is -2.18. The molecule has 0 saturated carbocycles. The van der Waals surface area contributed by atoms with Crippen molar-refractivity contribution < 1.29 is 0 Å². The summed E-state index contributed by atoms with van der Waals surface area (Å²) in [5, 5.41) is 5.24. The molecular weight excluding hydrogens is 232 g/mol. The third-order valence-corrected chi connectivity index (χ3v) is 3.76. The van der Waals surface area contributed by atoms with Crippen LogP contribution in [-0.2, 0) is 19.4 Å². The topological polar surface area (TPSA) is 24.9 Å². The quantitative estimate of drug-likeness (QED) is 0.783. The first-order chi connectivity index (χ1) is 8.28. The molecule has 17 heavy (non-hydrogen) atoms. The van der Waals surface area contributed by atoms with Gasteiger partial charge in [-0.05, 0) is 54.3 Å². The maximum atomic E-state index is 6.16. The molecule has 0 fully saturated rings. The van der Waals surface area contributed by atoms with Gasteiger partial charge in [-0.15, -0.1) is 0 Å². The van der Waals surface area contributed by atoms with Crippen LogP contribution in [0, 0.1) is 0 Å². The van der Waals surface area contributed by atoms with Crippen LogP contribution < -0.4 is 5.32 Å². The third-order valence-electron chi connectivity index (χ3n) is 3.43. The summed E-state index contributed by atoms with van der Waals surface area (Å²) in [4.78, 5) is 4.49. The second kappa shape index (κ2) is 4.28. The molecule has 0 saturated heterocycles. The van der Waals surface area contributed by atoms with Gasteiger partial charge in [0, 0.05) is 11.9 Å². The van der Waals surface area contributed by atoms with Gasteiger partial charge in [0.25, 0.3) is 0 Å². The van der Waals surface area contributed by atoms with Crippen molar-refractivity contribution in [3.05, 3.63) is 40.0 Å². The Morgan fingerprint density at radius 3 is 3.00 bits per heavy atom. The molecule has 1 aliphatic rings. The molecule has 0 amide bonds. The zero-order valence-electron chi connectivity index (χ0n) is 9.89. The predicted octanol–water partition coefficient (Wildman–Crippen LogP) is 3.10. The van der Waals surface area contributed by atoms with E-state index in [0.29, 0.717) is 5.15 Å². The lowest BCUT2D eigenvalue weighted by molar-refractivity contribution is 0.645. The number of nitrogens with zero attached hydrogens (tertiary/aromatic N) is 1. The summed E-state index contributed by atoms with van der Waals surface area (Å²) in [6.07, 6.45) is 2.04. The number of nitrogens with one attached hydrogen (secondary N) is 1. The van der Waals surface area contributed by atoms with Crippen molar-refractivity contribution in [2.45, 2.75) is 26.3 Å². The molecule has 1 aromatic heterocycles. The average Bonchev–Trinajstić information content (AvgIpc) is 2.35. The molecule has 2 aromatic rings. The first-order valence-corrected chi connectivity index (χ1v) is 6.47. The van der Waals surface area contributed by atoms with Crippen molar-refractivity contribution in [1.29, 1.82) is 0 Å². The zero-order chi connectivity index (χ0) is 11.8. The van der Waals surface area contributed by atoms with Crippen LogP contribution in [0.2, 0.25) is 5.15 Å². The highest BCUT2D eigenvalue weighted by Crippen LogP contribution is 2.25. The van der Waals surface area contributed by atoms with Crippen molar-refractivity contribution in [3.8, 4) is 0 Å². The molecule has 0 atom stereocenters. The number of hydrogen-bond acceptors (Lipinski definition) is 2. The average molecular weight is 247 g/mol. The Bertz CT molecular complexity index is 578.